The molecule has 22 heavy (non-hydrogen) atoms. The molecule has 0 atom stereocenters. The fourth-order valence-electron chi connectivity index (χ4n) is 2.31. The van der Waals surface area contributed by atoms with Gasteiger partial charge in [-0.25, -0.2) is 9.48 Å². The van der Waals surface area contributed by atoms with Gasteiger partial charge in [-0.1, -0.05) is 18.2 Å². The molecule has 6 heteroatoms. The number of carbonyl (C=O) groups is 1. The Kier molecular flexibility index (Phi) is 3.50. The first-order valence-electron chi connectivity index (χ1n) is 6.72. The second kappa shape index (κ2) is 5.48. The number of benzene rings is 1. The van der Waals surface area contributed by atoms with Gasteiger partial charge in [-0.3, -0.25) is 4.79 Å². The number of nitrogens with zero attached hydrogens (tertiary/aromatic N) is 2. The van der Waals surface area contributed by atoms with Crippen LogP contribution in [0.5, 0.6) is 0 Å². The summed E-state index contributed by atoms with van der Waals surface area (Å²) < 4.78 is 11.4. The lowest BCUT2D eigenvalue weighted by atomic mass is 10.2. The molecule has 0 fully saturated rings. The first kappa shape index (κ1) is 14.1. The molecule has 2 heterocycles. The molecule has 0 amide bonds. The number of rotatable bonds is 3. The molecule has 0 aliphatic rings. The van der Waals surface area contributed by atoms with Crippen molar-refractivity contribution in [2.75, 3.05) is 7.11 Å². The molecular formula is C16H14N2O4. The van der Waals surface area contributed by atoms with Gasteiger partial charge in [0.2, 0.25) is 5.76 Å². The Balaban J connectivity index is 1.99. The van der Waals surface area contributed by atoms with Crippen LogP contribution in [0.25, 0.3) is 10.8 Å². The highest BCUT2D eigenvalue weighted by molar-refractivity contribution is 5.87. The standard InChI is InChI=1S/C16H14N2O4/c1-10-7-12(22-14(10)16(20)21-2)9-18-15(19)13-6-4-3-5-11(13)8-17-18/h3-8H,9H2,1-2H3. The van der Waals surface area contributed by atoms with Crippen molar-refractivity contribution < 1.29 is 13.9 Å². The van der Waals surface area contributed by atoms with E-state index in [4.69, 9.17) is 4.42 Å². The average Bonchev–Trinajstić information content (AvgIpc) is 2.90. The molecule has 0 unspecified atom stereocenters. The number of aryl methyl sites for hydroxylation is 1. The van der Waals surface area contributed by atoms with E-state index in [-0.39, 0.29) is 17.9 Å². The summed E-state index contributed by atoms with van der Waals surface area (Å²) in [6.07, 6.45) is 1.63. The van der Waals surface area contributed by atoms with Gasteiger partial charge in [0.15, 0.2) is 0 Å². The number of hydrogen-bond acceptors (Lipinski definition) is 5. The summed E-state index contributed by atoms with van der Waals surface area (Å²) in [4.78, 5) is 23.9. The van der Waals surface area contributed by atoms with E-state index in [2.05, 4.69) is 9.84 Å². The summed E-state index contributed by atoms with van der Waals surface area (Å²) in [5.74, 6) is 0.0803. The lowest BCUT2D eigenvalue weighted by molar-refractivity contribution is 0.0561. The van der Waals surface area contributed by atoms with E-state index in [0.717, 1.165) is 5.39 Å². The summed E-state index contributed by atoms with van der Waals surface area (Å²) in [5.41, 5.74) is 0.461. The van der Waals surface area contributed by atoms with E-state index in [1.54, 1.807) is 31.3 Å². The van der Waals surface area contributed by atoms with Gasteiger partial charge in [-0.05, 0) is 19.1 Å². The van der Waals surface area contributed by atoms with Crippen molar-refractivity contribution in [3.05, 3.63) is 64.0 Å². The molecule has 0 aliphatic heterocycles. The first-order chi connectivity index (χ1) is 10.6. The van der Waals surface area contributed by atoms with Gasteiger partial charge >= 0.3 is 5.97 Å². The maximum absolute atomic E-state index is 12.4. The topological polar surface area (TPSA) is 74.3 Å². The zero-order valence-corrected chi connectivity index (χ0v) is 12.2. The largest absolute Gasteiger partial charge is 0.463 e. The summed E-state index contributed by atoms with van der Waals surface area (Å²) in [6, 6.07) is 8.95. The van der Waals surface area contributed by atoms with Crippen LogP contribution in [-0.2, 0) is 11.3 Å². The second-order valence-electron chi connectivity index (χ2n) is 4.91. The number of carbonyl (C=O) groups excluding carboxylic acids is 1. The maximum atomic E-state index is 12.4. The Labute approximate surface area is 125 Å². The van der Waals surface area contributed by atoms with Gasteiger partial charge in [0, 0.05) is 10.9 Å². The third kappa shape index (κ3) is 2.39. The maximum Gasteiger partial charge on any atom is 0.374 e. The van der Waals surface area contributed by atoms with E-state index < -0.39 is 5.97 Å². The highest BCUT2D eigenvalue weighted by atomic mass is 16.5. The van der Waals surface area contributed by atoms with Gasteiger partial charge in [0.25, 0.3) is 5.56 Å². The molecule has 6 nitrogen and oxygen atoms in total. The highest BCUT2D eigenvalue weighted by Gasteiger charge is 2.17. The van der Waals surface area contributed by atoms with Gasteiger partial charge in [-0.2, -0.15) is 5.10 Å². The molecule has 2 aromatic heterocycles. The molecular weight excluding hydrogens is 284 g/mol. The van der Waals surface area contributed by atoms with Crippen LogP contribution >= 0.6 is 0 Å². The first-order valence-corrected chi connectivity index (χ1v) is 6.72. The number of furan rings is 1. The lowest BCUT2D eigenvalue weighted by Crippen LogP contribution is -2.23. The van der Waals surface area contributed by atoms with E-state index in [1.807, 2.05) is 12.1 Å². The Hall–Kier alpha value is -2.89. The van der Waals surface area contributed by atoms with E-state index >= 15 is 0 Å². The number of esters is 1. The fourth-order valence-corrected chi connectivity index (χ4v) is 2.31. The molecule has 0 N–H and O–H groups in total. The molecule has 0 bridgehead atoms. The molecule has 3 rings (SSSR count). The highest BCUT2D eigenvalue weighted by Crippen LogP contribution is 2.16. The number of hydrogen-bond donors (Lipinski definition) is 0. The Morgan fingerprint density at radius 1 is 1.36 bits per heavy atom. The van der Waals surface area contributed by atoms with Gasteiger partial charge < -0.3 is 9.15 Å². The molecule has 1 aromatic carbocycles. The number of aromatic nitrogens is 2. The quantitative estimate of drug-likeness (QED) is 0.692. The Morgan fingerprint density at radius 2 is 2.14 bits per heavy atom. The van der Waals surface area contributed by atoms with Crippen LogP contribution in [0.3, 0.4) is 0 Å². The monoisotopic (exact) mass is 298 g/mol. The van der Waals surface area contributed by atoms with Crippen molar-refractivity contribution in [1.29, 1.82) is 0 Å². The van der Waals surface area contributed by atoms with Crippen LogP contribution in [0.15, 0.2) is 45.7 Å². The minimum atomic E-state index is -0.539. The number of methoxy groups -OCH3 is 1. The predicted octanol–water partition coefficient (Wildman–Crippen LogP) is 2.13. The summed E-state index contributed by atoms with van der Waals surface area (Å²) >= 11 is 0. The predicted molar refractivity (Wildman–Crippen MR) is 79.9 cm³/mol. The molecule has 112 valence electrons. The third-order valence-corrected chi connectivity index (χ3v) is 3.41. The lowest BCUT2D eigenvalue weighted by Gasteiger charge is -2.03. The van der Waals surface area contributed by atoms with E-state index in [0.29, 0.717) is 16.7 Å². The van der Waals surface area contributed by atoms with Crippen LogP contribution in [0, 0.1) is 6.92 Å². The SMILES string of the molecule is COC(=O)c1oc(Cn2ncc3ccccc3c2=O)cc1C. The van der Waals surface area contributed by atoms with Crippen molar-refractivity contribution in [2.45, 2.75) is 13.5 Å². The van der Waals surface area contributed by atoms with Crippen molar-refractivity contribution >= 4 is 16.7 Å². The van der Waals surface area contributed by atoms with Gasteiger partial charge in [0.05, 0.1) is 18.7 Å². The number of ether oxygens (including phenoxy) is 1. The molecule has 0 spiro atoms. The summed E-state index contributed by atoms with van der Waals surface area (Å²) in [6.45, 7) is 1.90. The van der Waals surface area contributed by atoms with Gasteiger partial charge in [-0.15, -0.1) is 0 Å². The second-order valence-corrected chi connectivity index (χ2v) is 4.91. The molecule has 0 aliphatic carbocycles. The zero-order chi connectivity index (χ0) is 15.7. The molecule has 0 radical (unpaired) electrons. The van der Waals surface area contributed by atoms with Crippen LogP contribution in [-0.4, -0.2) is 22.9 Å². The zero-order valence-electron chi connectivity index (χ0n) is 12.2. The van der Waals surface area contributed by atoms with Crippen molar-refractivity contribution in [1.82, 2.24) is 9.78 Å². The minimum absolute atomic E-state index is 0.145. The van der Waals surface area contributed by atoms with Crippen LogP contribution in [0.1, 0.15) is 21.9 Å². The number of fused-ring (bicyclic) bond motifs is 1. The molecule has 0 saturated heterocycles. The Morgan fingerprint density at radius 3 is 2.91 bits per heavy atom. The summed E-state index contributed by atoms with van der Waals surface area (Å²) in [5, 5.41) is 5.51. The fraction of sp³-hybridized carbons (Fsp3) is 0.188. The van der Waals surface area contributed by atoms with Crippen molar-refractivity contribution in [3.63, 3.8) is 0 Å². The van der Waals surface area contributed by atoms with Gasteiger partial charge in [0.1, 0.15) is 12.3 Å². The van der Waals surface area contributed by atoms with Crippen LogP contribution in [0.4, 0.5) is 0 Å². The third-order valence-electron chi connectivity index (χ3n) is 3.41. The van der Waals surface area contributed by atoms with Crippen LogP contribution in [0.2, 0.25) is 0 Å². The van der Waals surface area contributed by atoms with E-state index in [9.17, 15) is 9.59 Å². The normalized spacial score (nSPS) is 10.8. The van der Waals surface area contributed by atoms with Crippen molar-refractivity contribution in [2.24, 2.45) is 0 Å². The average molecular weight is 298 g/mol. The minimum Gasteiger partial charge on any atom is -0.463 e. The summed E-state index contributed by atoms with van der Waals surface area (Å²) in [7, 11) is 1.29. The molecule has 3 aromatic rings. The molecule has 0 saturated carbocycles. The smallest absolute Gasteiger partial charge is 0.374 e. The van der Waals surface area contributed by atoms with E-state index in [1.165, 1.54) is 11.8 Å². The Bertz CT molecular complexity index is 908. The van der Waals surface area contributed by atoms with Crippen molar-refractivity contribution in [3.8, 4) is 0 Å². The van der Waals surface area contributed by atoms with Crippen LogP contribution < -0.4 is 5.56 Å².